The van der Waals surface area contributed by atoms with Crippen molar-refractivity contribution in [3.63, 3.8) is 0 Å². The summed E-state index contributed by atoms with van der Waals surface area (Å²) in [6.07, 6.45) is 2.53. The van der Waals surface area contributed by atoms with Gasteiger partial charge >= 0.3 is 6.09 Å². The van der Waals surface area contributed by atoms with Crippen LogP contribution < -0.4 is 10.1 Å². The van der Waals surface area contributed by atoms with Crippen molar-refractivity contribution in [1.82, 2.24) is 14.8 Å². The van der Waals surface area contributed by atoms with Crippen molar-refractivity contribution < 1.29 is 14.3 Å². The number of alkyl halides is 1. The molecule has 3 aromatic rings. The molecule has 2 heterocycles. The molecule has 1 aromatic heterocycles. The molecule has 9 heteroatoms. The quantitative estimate of drug-likeness (QED) is 0.389. The van der Waals surface area contributed by atoms with E-state index in [1.165, 1.54) is 5.56 Å². The maximum absolute atomic E-state index is 11.9. The third-order valence-electron chi connectivity index (χ3n) is 5.90. The summed E-state index contributed by atoms with van der Waals surface area (Å²) < 4.78 is 12.9. The second-order valence-electron chi connectivity index (χ2n) is 9.89. The molecule has 0 aliphatic carbocycles. The second-order valence-corrected chi connectivity index (χ2v) is 10.7. The van der Waals surface area contributed by atoms with Gasteiger partial charge in [0, 0.05) is 36.9 Å². The highest BCUT2D eigenvalue weighted by Crippen LogP contribution is 2.33. The lowest BCUT2D eigenvalue weighted by Crippen LogP contribution is -2.60. The van der Waals surface area contributed by atoms with E-state index in [-0.39, 0.29) is 18.7 Å². The van der Waals surface area contributed by atoms with Crippen LogP contribution in [0.1, 0.15) is 31.9 Å². The van der Waals surface area contributed by atoms with Gasteiger partial charge in [-0.1, -0.05) is 17.7 Å². The predicted molar refractivity (Wildman–Crippen MR) is 143 cm³/mol. The number of hydrogen-bond donors (Lipinski definition) is 1. The van der Waals surface area contributed by atoms with Gasteiger partial charge in [0.2, 0.25) is 0 Å². The summed E-state index contributed by atoms with van der Waals surface area (Å²) in [5.41, 5.74) is 2.94. The molecule has 2 aromatic carbocycles. The fraction of sp³-hybridized carbons (Fsp3) is 0.407. The number of amides is 1. The zero-order chi connectivity index (χ0) is 25.9. The van der Waals surface area contributed by atoms with E-state index in [2.05, 4.69) is 40.6 Å². The molecule has 36 heavy (non-hydrogen) atoms. The van der Waals surface area contributed by atoms with Gasteiger partial charge in [0.1, 0.15) is 18.3 Å². The highest BCUT2D eigenvalue weighted by atomic mass is 35.5. The SMILES string of the molecule is CC(C)(C)OC(=O)NC1CN(CCc2ccc3c(ccn3-c3cc(Cl)c(OCCCl)c(C#N)c3)c2)C1. The Hall–Kier alpha value is -2.92. The van der Waals surface area contributed by atoms with E-state index in [1.54, 1.807) is 12.1 Å². The standard InChI is InChI=1S/C27H30Cl2N4O3/c1-27(2,3)36-26(34)31-21-16-32(17-21)9-6-18-4-5-24-19(12-18)7-10-33(24)22-13-20(15-30)25(23(29)14-22)35-11-8-28/h4-5,7,10,12-14,21H,6,8-9,11,16-17H2,1-3H3,(H,31,34). The molecule has 1 N–H and O–H groups in total. The van der Waals surface area contributed by atoms with Crippen molar-refractivity contribution in [3.8, 4) is 17.5 Å². The maximum Gasteiger partial charge on any atom is 0.407 e. The molecule has 0 bridgehead atoms. The third-order valence-corrected chi connectivity index (χ3v) is 6.33. The highest BCUT2D eigenvalue weighted by Gasteiger charge is 2.29. The van der Waals surface area contributed by atoms with E-state index < -0.39 is 5.60 Å². The maximum atomic E-state index is 11.9. The van der Waals surface area contributed by atoms with E-state index >= 15 is 0 Å². The molecule has 0 atom stereocenters. The minimum absolute atomic E-state index is 0.133. The summed E-state index contributed by atoms with van der Waals surface area (Å²) in [7, 11) is 0. The Kier molecular flexibility index (Phi) is 7.99. The van der Waals surface area contributed by atoms with Crippen molar-refractivity contribution in [2.24, 2.45) is 0 Å². The molecular weight excluding hydrogens is 499 g/mol. The Labute approximate surface area is 221 Å². The highest BCUT2D eigenvalue weighted by molar-refractivity contribution is 6.32. The van der Waals surface area contributed by atoms with Crippen molar-refractivity contribution in [3.05, 3.63) is 58.7 Å². The predicted octanol–water partition coefficient (Wildman–Crippen LogP) is 5.52. The normalized spacial score (nSPS) is 14.3. The number of aromatic nitrogens is 1. The van der Waals surface area contributed by atoms with Gasteiger partial charge in [-0.2, -0.15) is 5.26 Å². The minimum Gasteiger partial charge on any atom is -0.489 e. The van der Waals surface area contributed by atoms with Crippen LogP contribution in [0.2, 0.25) is 5.02 Å². The molecule has 0 spiro atoms. The van der Waals surface area contributed by atoms with E-state index in [9.17, 15) is 10.1 Å². The molecule has 7 nitrogen and oxygen atoms in total. The number of hydrogen-bond acceptors (Lipinski definition) is 5. The molecule has 1 amide bonds. The third kappa shape index (κ3) is 6.25. The van der Waals surface area contributed by atoms with Crippen LogP contribution in [-0.4, -0.2) is 59.3 Å². The van der Waals surface area contributed by atoms with Gasteiger partial charge in [-0.05, 0) is 63.1 Å². The average Bonchev–Trinajstić information content (AvgIpc) is 3.21. The first-order chi connectivity index (χ1) is 17.2. The van der Waals surface area contributed by atoms with Crippen LogP contribution >= 0.6 is 23.2 Å². The number of benzene rings is 2. The molecule has 1 fully saturated rings. The van der Waals surface area contributed by atoms with Crippen LogP contribution in [0, 0.1) is 11.3 Å². The van der Waals surface area contributed by atoms with Gasteiger partial charge in [-0.25, -0.2) is 4.79 Å². The zero-order valence-electron chi connectivity index (χ0n) is 20.7. The van der Waals surface area contributed by atoms with Crippen LogP contribution in [0.25, 0.3) is 16.6 Å². The van der Waals surface area contributed by atoms with Crippen molar-refractivity contribution in [1.29, 1.82) is 5.26 Å². The number of carbonyl (C=O) groups is 1. The number of rotatable bonds is 8. The number of ether oxygens (including phenoxy) is 2. The van der Waals surface area contributed by atoms with Gasteiger partial charge in [0.05, 0.1) is 28.0 Å². The number of nitrogens with zero attached hydrogens (tertiary/aromatic N) is 3. The average molecular weight is 529 g/mol. The van der Waals surface area contributed by atoms with E-state index in [0.717, 1.165) is 42.6 Å². The second kappa shape index (κ2) is 11.0. The van der Waals surface area contributed by atoms with E-state index in [0.29, 0.717) is 22.2 Å². The first-order valence-electron chi connectivity index (χ1n) is 11.9. The summed E-state index contributed by atoms with van der Waals surface area (Å²) in [6.45, 7) is 8.43. The first kappa shape index (κ1) is 26.2. The number of nitriles is 1. The van der Waals surface area contributed by atoms with Crippen molar-refractivity contribution in [2.45, 2.75) is 38.8 Å². The van der Waals surface area contributed by atoms with E-state index in [1.807, 2.05) is 31.5 Å². The number of fused-ring (bicyclic) bond motifs is 1. The Bertz CT molecular complexity index is 1290. The molecule has 0 unspecified atom stereocenters. The summed E-state index contributed by atoms with van der Waals surface area (Å²) in [5.74, 6) is 0.673. The monoisotopic (exact) mass is 528 g/mol. The molecule has 1 aliphatic heterocycles. The van der Waals surface area contributed by atoms with Crippen molar-refractivity contribution >= 4 is 40.2 Å². The first-order valence-corrected chi connectivity index (χ1v) is 12.8. The van der Waals surface area contributed by atoms with Crippen LogP contribution in [-0.2, 0) is 11.2 Å². The lowest BCUT2D eigenvalue weighted by molar-refractivity contribution is 0.0403. The van der Waals surface area contributed by atoms with E-state index in [4.69, 9.17) is 32.7 Å². The van der Waals surface area contributed by atoms with Crippen LogP contribution in [0.3, 0.4) is 0 Å². The lowest BCUT2D eigenvalue weighted by Gasteiger charge is -2.39. The van der Waals surface area contributed by atoms with Gasteiger partial charge in [0.25, 0.3) is 0 Å². The topological polar surface area (TPSA) is 79.5 Å². The van der Waals surface area contributed by atoms with Crippen LogP contribution in [0.15, 0.2) is 42.6 Å². The summed E-state index contributed by atoms with van der Waals surface area (Å²) in [4.78, 5) is 14.2. The Balaban J connectivity index is 1.38. The minimum atomic E-state index is -0.489. The molecule has 4 rings (SSSR count). The van der Waals surface area contributed by atoms with Gasteiger partial charge in [-0.15, -0.1) is 11.6 Å². The summed E-state index contributed by atoms with van der Waals surface area (Å²) >= 11 is 12.1. The zero-order valence-corrected chi connectivity index (χ0v) is 22.2. The Morgan fingerprint density at radius 1 is 1.22 bits per heavy atom. The molecule has 190 valence electrons. The smallest absolute Gasteiger partial charge is 0.407 e. The molecular formula is C27H30Cl2N4O3. The number of carbonyl (C=O) groups excluding carboxylic acids is 1. The van der Waals surface area contributed by atoms with Gasteiger partial charge in [0.15, 0.2) is 5.75 Å². The lowest BCUT2D eigenvalue weighted by atomic mass is 10.1. The fourth-order valence-corrected chi connectivity index (χ4v) is 4.61. The van der Waals surface area contributed by atoms with Crippen LogP contribution in [0.4, 0.5) is 4.79 Å². The van der Waals surface area contributed by atoms with Gasteiger partial charge < -0.3 is 19.4 Å². The fourth-order valence-electron chi connectivity index (χ4n) is 4.27. The largest absolute Gasteiger partial charge is 0.489 e. The van der Waals surface area contributed by atoms with Crippen molar-refractivity contribution in [2.75, 3.05) is 32.1 Å². The molecule has 1 aliphatic rings. The number of likely N-dealkylation sites (tertiary alicyclic amines) is 1. The van der Waals surface area contributed by atoms with Crippen LogP contribution in [0.5, 0.6) is 5.75 Å². The summed E-state index contributed by atoms with van der Waals surface area (Å²) in [5, 5.41) is 14.0. The number of alkyl carbamates (subject to hydrolysis) is 1. The molecule has 0 saturated carbocycles. The summed E-state index contributed by atoms with van der Waals surface area (Å²) in [6, 6.07) is 14.3. The number of halogens is 2. The Morgan fingerprint density at radius 3 is 2.69 bits per heavy atom. The Morgan fingerprint density at radius 2 is 2.00 bits per heavy atom. The van der Waals surface area contributed by atoms with Gasteiger partial charge in [-0.3, -0.25) is 4.90 Å². The molecule has 0 radical (unpaired) electrons. The molecule has 1 saturated heterocycles. The number of nitrogens with one attached hydrogen (secondary N) is 1.